The highest BCUT2D eigenvalue weighted by atomic mass is 35.5. The van der Waals surface area contributed by atoms with Crippen molar-refractivity contribution in [3.63, 3.8) is 0 Å². The quantitative estimate of drug-likeness (QED) is 0.761. The molecule has 1 fully saturated rings. The minimum Gasteiger partial charge on any atom is -0.385 e. The lowest BCUT2D eigenvalue weighted by Gasteiger charge is -2.39. The number of hydrogen-bond acceptors (Lipinski definition) is 2. The number of nitrogens with zero attached hydrogens (tertiary/aromatic N) is 1. The van der Waals surface area contributed by atoms with E-state index in [1.54, 1.807) is 12.1 Å². The zero-order valence-corrected chi connectivity index (χ0v) is 16.9. The minimum atomic E-state index is -0.908. The van der Waals surface area contributed by atoms with Gasteiger partial charge in [-0.25, -0.2) is 0 Å². The van der Waals surface area contributed by atoms with Crippen molar-refractivity contribution in [1.82, 2.24) is 4.90 Å². The van der Waals surface area contributed by atoms with E-state index in [-0.39, 0.29) is 5.91 Å². The summed E-state index contributed by atoms with van der Waals surface area (Å²) in [4.78, 5) is 15.1. The third kappa shape index (κ3) is 4.10. The molecular formula is C23H26ClNO2. The van der Waals surface area contributed by atoms with Crippen LogP contribution < -0.4 is 0 Å². The van der Waals surface area contributed by atoms with Gasteiger partial charge in [0.15, 0.2) is 0 Å². The molecule has 4 heteroatoms. The monoisotopic (exact) mass is 383 g/mol. The van der Waals surface area contributed by atoms with Gasteiger partial charge in [0.1, 0.15) is 0 Å². The first kappa shape index (κ1) is 19.7. The van der Waals surface area contributed by atoms with Crippen LogP contribution in [0.2, 0.25) is 5.02 Å². The smallest absolute Gasteiger partial charge is 0.254 e. The van der Waals surface area contributed by atoms with Crippen LogP contribution in [0.15, 0.2) is 54.1 Å². The molecule has 0 saturated carbocycles. The Hall–Kier alpha value is -2.10. The van der Waals surface area contributed by atoms with Gasteiger partial charge < -0.3 is 10.0 Å². The Morgan fingerprint density at radius 2 is 1.63 bits per heavy atom. The second kappa shape index (κ2) is 7.87. The van der Waals surface area contributed by atoms with Crippen molar-refractivity contribution < 1.29 is 9.90 Å². The second-order valence-electron chi connectivity index (χ2n) is 7.52. The number of benzene rings is 2. The van der Waals surface area contributed by atoms with Gasteiger partial charge in [-0.05, 0) is 62.4 Å². The number of piperidine rings is 1. The van der Waals surface area contributed by atoms with Crippen LogP contribution in [0.4, 0.5) is 0 Å². The molecule has 1 amide bonds. The fourth-order valence-corrected chi connectivity index (χ4v) is 3.86. The Morgan fingerprint density at radius 1 is 1.04 bits per heavy atom. The lowest BCUT2D eigenvalue weighted by Crippen LogP contribution is -2.45. The van der Waals surface area contributed by atoms with Crippen LogP contribution in [0.25, 0.3) is 5.57 Å². The molecule has 2 aromatic rings. The second-order valence-corrected chi connectivity index (χ2v) is 7.96. The lowest BCUT2D eigenvalue weighted by atomic mass is 9.84. The number of halogens is 1. The number of carbonyl (C=O) groups excluding carboxylic acids is 1. The molecule has 142 valence electrons. The van der Waals surface area contributed by atoms with Gasteiger partial charge in [-0.2, -0.15) is 0 Å². The molecule has 0 spiro atoms. The molecule has 3 rings (SSSR count). The Bertz CT molecular complexity index is 858. The molecule has 3 nitrogen and oxygen atoms in total. The largest absolute Gasteiger partial charge is 0.385 e. The van der Waals surface area contributed by atoms with Crippen LogP contribution >= 0.6 is 11.6 Å². The topological polar surface area (TPSA) is 40.5 Å². The maximum atomic E-state index is 13.3. The van der Waals surface area contributed by atoms with E-state index >= 15 is 0 Å². The first-order valence-electron chi connectivity index (χ1n) is 9.33. The van der Waals surface area contributed by atoms with Crippen LogP contribution in [-0.4, -0.2) is 29.0 Å². The molecule has 0 radical (unpaired) electrons. The minimum absolute atomic E-state index is 0.0439. The number of amides is 1. The highest BCUT2D eigenvalue weighted by molar-refractivity contribution is 6.30. The molecule has 2 aromatic carbocycles. The molecule has 1 aliphatic heterocycles. The summed E-state index contributed by atoms with van der Waals surface area (Å²) < 4.78 is 0. The third-order valence-corrected chi connectivity index (χ3v) is 5.64. The Morgan fingerprint density at radius 3 is 2.19 bits per heavy atom. The molecule has 0 aromatic heterocycles. The summed E-state index contributed by atoms with van der Waals surface area (Å²) in [5.41, 5.74) is 3.81. The van der Waals surface area contributed by atoms with Gasteiger partial charge in [-0.15, -0.1) is 0 Å². The van der Waals surface area contributed by atoms with Gasteiger partial charge in [0, 0.05) is 23.7 Å². The van der Waals surface area contributed by atoms with E-state index < -0.39 is 5.60 Å². The summed E-state index contributed by atoms with van der Waals surface area (Å²) in [6.45, 7) is 7.05. The average molecular weight is 384 g/mol. The van der Waals surface area contributed by atoms with Gasteiger partial charge in [-0.1, -0.05) is 53.6 Å². The number of aliphatic hydroxyl groups is 1. The predicted molar refractivity (Wildman–Crippen MR) is 111 cm³/mol. The fraction of sp³-hybridized carbons (Fsp3) is 0.348. The highest BCUT2D eigenvalue weighted by Crippen LogP contribution is 2.35. The van der Waals surface area contributed by atoms with Gasteiger partial charge >= 0.3 is 0 Å². The number of allylic oxidation sites excluding steroid dienone is 1. The van der Waals surface area contributed by atoms with Gasteiger partial charge in [-0.3, -0.25) is 4.79 Å². The Kier molecular flexibility index (Phi) is 5.73. The first-order valence-corrected chi connectivity index (χ1v) is 9.71. The Balaban J connectivity index is 1.79. The van der Waals surface area contributed by atoms with Crippen LogP contribution in [0.1, 0.15) is 43.4 Å². The number of hydrogen-bond donors (Lipinski definition) is 1. The van der Waals surface area contributed by atoms with E-state index in [2.05, 4.69) is 0 Å². The molecule has 1 heterocycles. The maximum absolute atomic E-state index is 13.3. The predicted octanol–water partition coefficient (Wildman–Crippen LogP) is 4.95. The summed E-state index contributed by atoms with van der Waals surface area (Å²) in [6.07, 6.45) is 1.04. The van der Waals surface area contributed by atoms with Gasteiger partial charge in [0.2, 0.25) is 0 Å². The van der Waals surface area contributed by atoms with E-state index in [0.717, 1.165) is 27.8 Å². The molecule has 1 N–H and O–H groups in total. The third-order valence-electron chi connectivity index (χ3n) is 5.39. The summed E-state index contributed by atoms with van der Waals surface area (Å²) in [5.74, 6) is 0.0439. The molecule has 27 heavy (non-hydrogen) atoms. The van der Waals surface area contributed by atoms with E-state index in [4.69, 9.17) is 11.6 Å². The van der Waals surface area contributed by atoms with Crippen LogP contribution in [0, 0.1) is 6.92 Å². The molecule has 1 aliphatic rings. The SMILES string of the molecule is CC(C)=C(C(=O)N1CCC(O)(c2ccc(Cl)cc2)CC1)c1ccccc1C. The highest BCUT2D eigenvalue weighted by Gasteiger charge is 2.36. The van der Waals surface area contributed by atoms with Crippen molar-refractivity contribution in [3.05, 3.63) is 75.8 Å². The summed E-state index contributed by atoms with van der Waals surface area (Å²) in [6, 6.07) is 15.3. The first-order chi connectivity index (χ1) is 12.8. The van der Waals surface area contributed by atoms with Crippen molar-refractivity contribution in [2.45, 2.75) is 39.2 Å². The summed E-state index contributed by atoms with van der Waals surface area (Å²) in [7, 11) is 0. The van der Waals surface area contributed by atoms with E-state index in [1.165, 1.54) is 0 Å². The van der Waals surface area contributed by atoms with Gasteiger partial charge in [0.25, 0.3) is 5.91 Å². The molecular weight excluding hydrogens is 358 g/mol. The van der Waals surface area contributed by atoms with Crippen molar-refractivity contribution in [1.29, 1.82) is 0 Å². The standard InChI is InChI=1S/C23H26ClNO2/c1-16(2)21(20-7-5-4-6-17(20)3)22(26)25-14-12-23(27,13-15-25)18-8-10-19(24)11-9-18/h4-11,27H,12-15H2,1-3H3. The van der Waals surface area contributed by atoms with Crippen LogP contribution in [0.3, 0.4) is 0 Å². The molecule has 0 bridgehead atoms. The summed E-state index contributed by atoms with van der Waals surface area (Å²) >= 11 is 5.96. The van der Waals surface area contributed by atoms with Crippen molar-refractivity contribution in [2.24, 2.45) is 0 Å². The van der Waals surface area contributed by atoms with Crippen molar-refractivity contribution in [3.8, 4) is 0 Å². The number of carbonyl (C=O) groups is 1. The normalized spacial score (nSPS) is 16.1. The molecule has 0 aliphatic carbocycles. The average Bonchev–Trinajstić information content (AvgIpc) is 2.64. The molecule has 0 atom stereocenters. The fourth-order valence-electron chi connectivity index (χ4n) is 3.74. The lowest BCUT2D eigenvalue weighted by molar-refractivity contribution is -0.129. The van der Waals surface area contributed by atoms with Gasteiger partial charge in [0.05, 0.1) is 5.60 Å². The maximum Gasteiger partial charge on any atom is 0.254 e. The van der Waals surface area contributed by atoms with Crippen LogP contribution in [-0.2, 0) is 10.4 Å². The number of rotatable bonds is 3. The number of aryl methyl sites for hydroxylation is 1. The van der Waals surface area contributed by atoms with Crippen molar-refractivity contribution in [2.75, 3.05) is 13.1 Å². The molecule has 0 unspecified atom stereocenters. The van der Waals surface area contributed by atoms with Crippen molar-refractivity contribution >= 4 is 23.1 Å². The van der Waals surface area contributed by atoms with Crippen LogP contribution in [0.5, 0.6) is 0 Å². The molecule has 1 saturated heterocycles. The van der Waals surface area contributed by atoms with E-state index in [1.807, 2.05) is 62.1 Å². The summed E-state index contributed by atoms with van der Waals surface area (Å²) in [5, 5.41) is 11.7. The van der Waals surface area contributed by atoms with E-state index in [9.17, 15) is 9.90 Å². The Labute approximate surface area is 166 Å². The van der Waals surface area contributed by atoms with E-state index in [0.29, 0.717) is 31.0 Å². The zero-order valence-electron chi connectivity index (χ0n) is 16.1. The number of likely N-dealkylation sites (tertiary alicyclic amines) is 1. The zero-order chi connectivity index (χ0) is 19.6.